The molecule has 78 valence electrons. The van der Waals surface area contributed by atoms with Crippen LogP contribution in [0, 0.1) is 13.8 Å². The first-order valence-electron chi connectivity index (χ1n) is 4.97. The van der Waals surface area contributed by atoms with Gasteiger partial charge in [-0.25, -0.2) is 0 Å². The Morgan fingerprint density at radius 2 is 2.21 bits per heavy atom. The van der Waals surface area contributed by atoms with E-state index in [2.05, 4.69) is 30.8 Å². The molecule has 0 aliphatic heterocycles. The quantitative estimate of drug-likeness (QED) is 0.570. The summed E-state index contributed by atoms with van der Waals surface area (Å²) in [7, 11) is 1.98. The maximum Gasteiger partial charge on any atom is 0.0641 e. The number of aromatic nitrogens is 2. The molecule has 0 saturated heterocycles. The Labute approximate surface area is 85.8 Å². The third-order valence-corrected chi connectivity index (χ3v) is 2.49. The Morgan fingerprint density at radius 1 is 1.50 bits per heavy atom. The van der Waals surface area contributed by atoms with Gasteiger partial charge in [0.05, 0.1) is 5.69 Å². The molecule has 0 unspecified atom stereocenters. The lowest BCUT2D eigenvalue weighted by Crippen LogP contribution is -2.15. The Hall–Kier alpha value is -1.09. The minimum absolute atomic E-state index is 0.902. The fraction of sp³-hybridized carbons (Fsp3) is 0.545. The van der Waals surface area contributed by atoms with Crippen molar-refractivity contribution in [2.24, 2.45) is 7.05 Å². The SMILES string of the molecule is C=CCCNCc1c(C)nn(C)c1C. The highest BCUT2D eigenvalue weighted by molar-refractivity contribution is 5.23. The van der Waals surface area contributed by atoms with E-state index in [1.807, 2.05) is 17.8 Å². The first kappa shape index (κ1) is 11.0. The van der Waals surface area contributed by atoms with Crippen molar-refractivity contribution in [2.75, 3.05) is 6.54 Å². The van der Waals surface area contributed by atoms with Crippen LogP contribution in [0.3, 0.4) is 0 Å². The molecule has 1 rings (SSSR count). The van der Waals surface area contributed by atoms with Crippen molar-refractivity contribution >= 4 is 0 Å². The van der Waals surface area contributed by atoms with Gasteiger partial charge in [-0.1, -0.05) is 6.08 Å². The minimum Gasteiger partial charge on any atom is -0.312 e. The van der Waals surface area contributed by atoms with Crippen LogP contribution in [0.25, 0.3) is 0 Å². The van der Waals surface area contributed by atoms with Gasteiger partial charge in [0.1, 0.15) is 0 Å². The summed E-state index contributed by atoms with van der Waals surface area (Å²) < 4.78 is 1.93. The largest absolute Gasteiger partial charge is 0.312 e. The molecule has 1 N–H and O–H groups in total. The Kier molecular flexibility index (Phi) is 3.89. The first-order valence-corrected chi connectivity index (χ1v) is 4.97. The Bertz CT molecular complexity index is 313. The van der Waals surface area contributed by atoms with Gasteiger partial charge in [-0.3, -0.25) is 4.68 Å². The van der Waals surface area contributed by atoms with Crippen molar-refractivity contribution in [1.82, 2.24) is 15.1 Å². The van der Waals surface area contributed by atoms with Crippen molar-refractivity contribution in [3.63, 3.8) is 0 Å². The molecule has 0 bridgehead atoms. The van der Waals surface area contributed by atoms with Crippen LogP contribution in [0.4, 0.5) is 0 Å². The maximum absolute atomic E-state index is 4.37. The molecular formula is C11H19N3. The minimum atomic E-state index is 0.902. The van der Waals surface area contributed by atoms with Crippen LogP contribution in [0.15, 0.2) is 12.7 Å². The molecule has 14 heavy (non-hydrogen) atoms. The molecule has 1 aromatic rings. The van der Waals surface area contributed by atoms with Gasteiger partial charge < -0.3 is 5.32 Å². The van der Waals surface area contributed by atoms with Gasteiger partial charge in [-0.15, -0.1) is 6.58 Å². The van der Waals surface area contributed by atoms with Crippen LogP contribution in [-0.2, 0) is 13.6 Å². The predicted octanol–water partition coefficient (Wildman–Crippen LogP) is 1.70. The predicted molar refractivity (Wildman–Crippen MR) is 59.2 cm³/mol. The molecule has 1 heterocycles. The summed E-state index contributed by atoms with van der Waals surface area (Å²) in [5.41, 5.74) is 3.68. The highest BCUT2D eigenvalue weighted by Gasteiger charge is 2.07. The molecule has 0 amide bonds. The van der Waals surface area contributed by atoms with E-state index in [1.165, 1.54) is 11.3 Å². The van der Waals surface area contributed by atoms with Crippen LogP contribution >= 0.6 is 0 Å². The number of rotatable bonds is 5. The van der Waals surface area contributed by atoms with Crippen molar-refractivity contribution in [1.29, 1.82) is 0 Å². The molecule has 0 aliphatic rings. The highest BCUT2D eigenvalue weighted by atomic mass is 15.3. The van der Waals surface area contributed by atoms with E-state index in [0.717, 1.165) is 25.2 Å². The summed E-state index contributed by atoms with van der Waals surface area (Å²) >= 11 is 0. The van der Waals surface area contributed by atoms with Gasteiger partial charge in [0, 0.05) is 24.8 Å². The van der Waals surface area contributed by atoms with E-state index in [9.17, 15) is 0 Å². The molecule has 0 radical (unpaired) electrons. The van der Waals surface area contributed by atoms with Crippen LogP contribution in [0.2, 0.25) is 0 Å². The van der Waals surface area contributed by atoms with Crippen LogP contribution in [0.5, 0.6) is 0 Å². The van der Waals surface area contributed by atoms with Crippen molar-refractivity contribution in [3.8, 4) is 0 Å². The average Bonchev–Trinajstić information content (AvgIpc) is 2.38. The van der Waals surface area contributed by atoms with E-state index in [4.69, 9.17) is 0 Å². The molecule has 3 nitrogen and oxygen atoms in total. The first-order chi connectivity index (χ1) is 6.66. The molecule has 0 aliphatic carbocycles. The maximum atomic E-state index is 4.37. The monoisotopic (exact) mass is 193 g/mol. The van der Waals surface area contributed by atoms with Crippen LogP contribution < -0.4 is 5.32 Å². The number of nitrogens with one attached hydrogen (secondary N) is 1. The lowest BCUT2D eigenvalue weighted by molar-refractivity contribution is 0.687. The highest BCUT2D eigenvalue weighted by Crippen LogP contribution is 2.10. The molecule has 0 saturated carbocycles. The molecule has 0 atom stereocenters. The van der Waals surface area contributed by atoms with Gasteiger partial charge >= 0.3 is 0 Å². The van der Waals surface area contributed by atoms with Crippen molar-refractivity contribution < 1.29 is 0 Å². The topological polar surface area (TPSA) is 29.9 Å². The second-order valence-corrected chi connectivity index (χ2v) is 3.53. The van der Waals surface area contributed by atoms with Crippen LogP contribution in [-0.4, -0.2) is 16.3 Å². The second kappa shape index (κ2) is 4.96. The van der Waals surface area contributed by atoms with E-state index in [0.29, 0.717) is 0 Å². The number of nitrogens with zero attached hydrogens (tertiary/aromatic N) is 2. The van der Waals surface area contributed by atoms with E-state index in [1.54, 1.807) is 0 Å². The van der Waals surface area contributed by atoms with Gasteiger partial charge in [0.15, 0.2) is 0 Å². The van der Waals surface area contributed by atoms with E-state index >= 15 is 0 Å². The smallest absolute Gasteiger partial charge is 0.0641 e. The molecule has 0 fully saturated rings. The number of hydrogen-bond donors (Lipinski definition) is 1. The normalized spacial score (nSPS) is 10.5. The lowest BCUT2D eigenvalue weighted by atomic mass is 10.2. The summed E-state index contributed by atoms with van der Waals surface area (Å²) in [5, 5.41) is 7.74. The van der Waals surface area contributed by atoms with Crippen LogP contribution in [0.1, 0.15) is 23.4 Å². The van der Waals surface area contributed by atoms with E-state index in [-0.39, 0.29) is 0 Å². The summed E-state index contributed by atoms with van der Waals surface area (Å²) in [5.74, 6) is 0. The van der Waals surface area contributed by atoms with Gasteiger partial charge in [0.25, 0.3) is 0 Å². The molecule has 3 heteroatoms. The summed E-state index contributed by atoms with van der Waals surface area (Å²) in [4.78, 5) is 0. The molecule has 0 aromatic carbocycles. The van der Waals surface area contributed by atoms with Gasteiger partial charge in [-0.2, -0.15) is 5.10 Å². The van der Waals surface area contributed by atoms with Gasteiger partial charge in [-0.05, 0) is 26.8 Å². The Morgan fingerprint density at radius 3 is 2.71 bits per heavy atom. The fourth-order valence-corrected chi connectivity index (χ4v) is 1.49. The molecular weight excluding hydrogens is 174 g/mol. The zero-order valence-electron chi connectivity index (χ0n) is 9.30. The lowest BCUT2D eigenvalue weighted by Gasteiger charge is -2.03. The number of aryl methyl sites for hydroxylation is 2. The summed E-state index contributed by atoms with van der Waals surface area (Å²) in [6.07, 6.45) is 2.94. The molecule has 0 spiro atoms. The molecule has 1 aromatic heterocycles. The van der Waals surface area contributed by atoms with Crippen molar-refractivity contribution in [3.05, 3.63) is 29.6 Å². The second-order valence-electron chi connectivity index (χ2n) is 3.53. The fourth-order valence-electron chi connectivity index (χ4n) is 1.49. The standard InChI is InChI=1S/C11H19N3/c1-5-6-7-12-8-11-9(2)13-14(4)10(11)3/h5,12H,1,6-8H2,2-4H3. The van der Waals surface area contributed by atoms with Gasteiger partial charge in [0.2, 0.25) is 0 Å². The average molecular weight is 193 g/mol. The summed E-state index contributed by atoms with van der Waals surface area (Å²) in [6, 6.07) is 0. The third kappa shape index (κ3) is 2.45. The Balaban J connectivity index is 2.53. The zero-order valence-corrected chi connectivity index (χ0v) is 9.30. The summed E-state index contributed by atoms with van der Waals surface area (Å²) in [6.45, 7) is 9.73. The number of hydrogen-bond acceptors (Lipinski definition) is 2. The third-order valence-electron chi connectivity index (χ3n) is 2.49. The van der Waals surface area contributed by atoms with E-state index < -0.39 is 0 Å². The zero-order chi connectivity index (χ0) is 10.6. The van der Waals surface area contributed by atoms with Crippen molar-refractivity contribution in [2.45, 2.75) is 26.8 Å².